The van der Waals surface area contributed by atoms with Crippen molar-refractivity contribution in [3.05, 3.63) is 41.6 Å². The third kappa shape index (κ3) is 5.67. The van der Waals surface area contributed by atoms with Crippen LogP contribution in [0.1, 0.15) is 50.8 Å². The molecule has 0 aromatic heterocycles. The average molecular weight is 399 g/mol. The summed E-state index contributed by atoms with van der Waals surface area (Å²) in [5.74, 6) is 0.180. The Bertz CT molecular complexity index is 710. The summed E-state index contributed by atoms with van der Waals surface area (Å²) in [6, 6.07) is 3.27. The van der Waals surface area contributed by atoms with Crippen molar-refractivity contribution in [2.45, 2.75) is 45.8 Å². The smallest absolute Gasteiger partial charge is 0.416 e. The van der Waals surface area contributed by atoms with Crippen LogP contribution in [-0.4, -0.2) is 43.7 Å². The molecule has 0 spiro atoms. The molecule has 156 valence electrons. The molecule has 2 rings (SSSR count). The number of hydrogen-bond acceptors (Lipinski definition) is 3. The maximum Gasteiger partial charge on any atom is 0.416 e. The number of rotatable bonds is 5. The van der Waals surface area contributed by atoms with E-state index in [0.717, 1.165) is 37.1 Å². The predicted octanol–water partition coefficient (Wildman–Crippen LogP) is 5.20. The van der Waals surface area contributed by atoms with Gasteiger partial charge in [0.2, 0.25) is 0 Å². The minimum absolute atomic E-state index is 0.180. The molecule has 0 saturated carbocycles. The Balaban J connectivity index is 0.00000190. The number of quaternary nitrogens is 1. The number of alkyl halides is 3. The van der Waals surface area contributed by atoms with Crippen molar-refractivity contribution in [3.63, 3.8) is 0 Å². The molecule has 1 heterocycles. The lowest BCUT2D eigenvalue weighted by atomic mass is 9.95. The molecule has 1 aromatic rings. The Morgan fingerprint density at radius 2 is 2.00 bits per heavy atom. The van der Waals surface area contributed by atoms with Crippen molar-refractivity contribution in [1.82, 2.24) is 0 Å². The molecule has 1 aliphatic rings. The maximum absolute atomic E-state index is 13.1. The van der Waals surface area contributed by atoms with Crippen LogP contribution in [0.3, 0.4) is 0 Å². The molecular formula is C21H30F3N2O2+. The molecule has 1 aromatic carbocycles. The van der Waals surface area contributed by atoms with Crippen molar-refractivity contribution >= 4 is 12.0 Å². The van der Waals surface area contributed by atoms with Crippen molar-refractivity contribution in [2.24, 2.45) is 4.99 Å². The third-order valence-electron chi connectivity index (χ3n) is 4.82. The number of ether oxygens (including phenoxy) is 1. The summed E-state index contributed by atoms with van der Waals surface area (Å²) in [7, 11) is 3.37. The molecule has 0 aliphatic carbocycles. The Labute approximate surface area is 165 Å². The molecule has 0 saturated heterocycles. The van der Waals surface area contributed by atoms with E-state index in [-0.39, 0.29) is 11.8 Å². The number of nitrogens with zero attached hydrogens (tertiary/aromatic N) is 2. The normalized spacial score (nSPS) is 23.4. The van der Waals surface area contributed by atoms with E-state index < -0.39 is 11.7 Å². The summed E-state index contributed by atoms with van der Waals surface area (Å²) in [6.45, 7) is 7.17. The van der Waals surface area contributed by atoms with Gasteiger partial charge in [-0.1, -0.05) is 19.9 Å². The van der Waals surface area contributed by atoms with Gasteiger partial charge in [-0.25, -0.2) is 0 Å². The Morgan fingerprint density at radius 3 is 2.57 bits per heavy atom. The second kappa shape index (κ2) is 10.4. The summed E-state index contributed by atoms with van der Waals surface area (Å²) in [5, 5.41) is 0. The van der Waals surface area contributed by atoms with Crippen LogP contribution in [0.4, 0.5) is 13.2 Å². The van der Waals surface area contributed by atoms with Crippen LogP contribution in [0.15, 0.2) is 35.5 Å². The molecule has 7 heteroatoms. The van der Waals surface area contributed by atoms with Crippen LogP contribution in [0.5, 0.6) is 5.75 Å². The largest absolute Gasteiger partial charge is 0.496 e. The van der Waals surface area contributed by atoms with Gasteiger partial charge in [-0.2, -0.15) is 13.2 Å². The van der Waals surface area contributed by atoms with Crippen molar-refractivity contribution in [1.29, 1.82) is 0 Å². The highest BCUT2D eigenvalue weighted by atomic mass is 19.4. The van der Waals surface area contributed by atoms with E-state index in [0.29, 0.717) is 23.0 Å². The molecule has 28 heavy (non-hydrogen) atoms. The minimum atomic E-state index is -4.44. The predicted molar refractivity (Wildman–Crippen MR) is 106 cm³/mol. The number of carbonyl (C=O) groups excluding carboxylic acids is 1. The summed E-state index contributed by atoms with van der Waals surface area (Å²) in [4.78, 5) is 15.4. The molecule has 2 unspecified atom stereocenters. The third-order valence-corrected chi connectivity index (χ3v) is 4.82. The molecule has 0 amide bonds. The quantitative estimate of drug-likeness (QED) is 0.505. The SMILES string of the molecule is CC.COc1cc(C(F)(F)F)ccc1C1C(C)=N/C=C\CC[N+]1(C)CCC=O. The van der Waals surface area contributed by atoms with Crippen LogP contribution < -0.4 is 4.74 Å². The van der Waals surface area contributed by atoms with Gasteiger partial charge in [0.05, 0.1) is 50.5 Å². The highest BCUT2D eigenvalue weighted by Gasteiger charge is 2.39. The van der Waals surface area contributed by atoms with Crippen LogP contribution in [-0.2, 0) is 11.0 Å². The van der Waals surface area contributed by atoms with Gasteiger partial charge < -0.3 is 14.0 Å². The van der Waals surface area contributed by atoms with Crippen LogP contribution in [0.2, 0.25) is 0 Å². The lowest BCUT2D eigenvalue weighted by Gasteiger charge is -2.42. The summed E-state index contributed by atoms with van der Waals surface area (Å²) in [6.07, 6.45) is 1.25. The van der Waals surface area contributed by atoms with Gasteiger partial charge in [0.1, 0.15) is 12.0 Å². The second-order valence-corrected chi connectivity index (χ2v) is 6.68. The van der Waals surface area contributed by atoms with E-state index in [1.807, 2.05) is 33.9 Å². The zero-order chi connectivity index (χ0) is 21.4. The van der Waals surface area contributed by atoms with Crippen molar-refractivity contribution < 1.29 is 27.2 Å². The fourth-order valence-electron chi connectivity index (χ4n) is 3.53. The van der Waals surface area contributed by atoms with Gasteiger partial charge in [0.15, 0.2) is 6.04 Å². The molecule has 1 aliphatic heterocycles. The first-order valence-corrected chi connectivity index (χ1v) is 9.45. The van der Waals surface area contributed by atoms with Gasteiger partial charge >= 0.3 is 6.18 Å². The number of aldehydes is 1. The number of methoxy groups -OCH3 is 1. The molecule has 2 atom stereocenters. The van der Waals surface area contributed by atoms with Gasteiger partial charge in [-0.05, 0) is 25.1 Å². The average Bonchev–Trinajstić information content (AvgIpc) is 2.66. The first-order valence-electron chi connectivity index (χ1n) is 9.45. The fraction of sp³-hybridized carbons (Fsp3) is 0.524. The molecular weight excluding hydrogens is 369 g/mol. The zero-order valence-corrected chi connectivity index (χ0v) is 17.2. The minimum Gasteiger partial charge on any atom is -0.496 e. The number of benzene rings is 1. The monoisotopic (exact) mass is 399 g/mol. The van der Waals surface area contributed by atoms with E-state index in [4.69, 9.17) is 4.74 Å². The van der Waals surface area contributed by atoms with Gasteiger partial charge in [-0.15, -0.1) is 0 Å². The van der Waals surface area contributed by atoms with E-state index >= 15 is 0 Å². The van der Waals surface area contributed by atoms with Crippen molar-refractivity contribution in [2.75, 3.05) is 27.2 Å². The lowest BCUT2D eigenvalue weighted by Crippen LogP contribution is -2.51. The summed E-state index contributed by atoms with van der Waals surface area (Å²) in [5.41, 5.74) is 0.665. The highest BCUT2D eigenvalue weighted by Crippen LogP contribution is 2.39. The Kier molecular flexibility index (Phi) is 8.88. The fourth-order valence-corrected chi connectivity index (χ4v) is 3.53. The van der Waals surface area contributed by atoms with Gasteiger partial charge in [-0.3, -0.25) is 4.99 Å². The highest BCUT2D eigenvalue weighted by molar-refractivity contribution is 5.88. The second-order valence-electron chi connectivity index (χ2n) is 6.68. The number of hydrogen-bond donors (Lipinski definition) is 0. The molecule has 0 bridgehead atoms. The van der Waals surface area contributed by atoms with Crippen molar-refractivity contribution in [3.8, 4) is 5.75 Å². The van der Waals surface area contributed by atoms with E-state index in [1.165, 1.54) is 13.2 Å². The summed E-state index contributed by atoms with van der Waals surface area (Å²) >= 11 is 0. The first-order chi connectivity index (χ1) is 13.2. The van der Waals surface area contributed by atoms with Crippen LogP contribution in [0.25, 0.3) is 0 Å². The number of halogens is 3. The van der Waals surface area contributed by atoms with E-state index in [1.54, 1.807) is 6.20 Å². The topological polar surface area (TPSA) is 38.7 Å². The number of carbonyl (C=O) groups is 1. The van der Waals surface area contributed by atoms with Crippen LogP contribution >= 0.6 is 0 Å². The summed E-state index contributed by atoms with van der Waals surface area (Å²) < 4.78 is 45.0. The molecule has 0 N–H and O–H groups in total. The molecule has 4 nitrogen and oxygen atoms in total. The van der Waals surface area contributed by atoms with E-state index in [9.17, 15) is 18.0 Å². The first kappa shape index (κ1) is 23.9. The molecule has 0 radical (unpaired) electrons. The zero-order valence-electron chi connectivity index (χ0n) is 17.2. The van der Waals surface area contributed by atoms with E-state index in [2.05, 4.69) is 4.99 Å². The number of aliphatic imine (C=N–C) groups is 1. The molecule has 0 fully saturated rings. The van der Waals surface area contributed by atoms with Crippen LogP contribution in [0, 0.1) is 0 Å². The van der Waals surface area contributed by atoms with Gasteiger partial charge in [0.25, 0.3) is 0 Å². The lowest BCUT2D eigenvalue weighted by molar-refractivity contribution is -0.928. The van der Waals surface area contributed by atoms with Gasteiger partial charge in [0, 0.05) is 12.6 Å². The Hall–Kier alpha value is -2.15. The Morgan fingerprint density at radius 1 is 1.32 bits per heavy atom. The maximum atomic E-state index is 13.1. The standard InChI is InChI=1S/C19H24F3N2O2.C2H6/c1-14-18(24(2,11-6-12-25)10-5-4-9-23-14)16-8-7-15(19(20,21)22)13-17(16)26-3;1-2/h4,7-9,12-13,18H,5-6,10-11H2,1-3H3;1-2H3/q+1;/b9-4-,23-14?;.